The van der Waals surface area contributed by atoms with Crippen LogP contribution in [0.3, 0.4) is 0 Å². The van der Waals surface area contributed by atoms with Gasteiger partial charge < -0.3 is 4.57 Å². The van der Waals surface area contributed by atoms with E-state index in [1.54, 1.807) is 0 Å². The highest BCUT2D eigenvalue weighted by molar-refractivity contribution is 7.20. The van der Waals surface area contributed by atoms with Crippen LogP contribution in [0.5, 0.6) is 0 Å². The van der Waals surface area contributed by atoms with Crippen molar-refractivity contribution in [3.63, 3.8) is 0 Å². The summed E-state index contributed by atoms with van der Waals surface area (Å²) >= 11 is 0. The molecule has 0 amide bonds. The summed E-state index contributed by atoms with van der Waals surface area (Å²) in [5, 5.41) is 9.96. The van der Waals surface area contributed by atoms with E-state index in [0.29, 0.717) is 17.6 Å². The van der Waals surface area contributed by atoms with Crippen LogP contribution in [0.2, 0.25) is 0 Å². The standard InChI is InChI=1S/C57H39N5Si/c1-7-21-40(22-8-1)55-58-56(41-23-9-2-10-24-41)60-57(59-55)62-52-36-35-46(63(43-27-13-4-14-28-43,44-29-15-5-16-30-44)45-31-17-6-18-32-45)37-48(52)50-38-49-47-33-19-20-34-51(47)61(53(49)39-54(50)62)42-25-11-3-12-26-42/h1-39H. The highest BCUT2D eigenvalue weighted by atomic mass is 28.3. The van der Waals surface area contributed by atoms with Crippen LogP contribution in [0, 0.1) is 0 Å². The molecule has 0 unspecified atom stereocenters. The smallest absolute Gasteiger partial charge is 0.238 e. The van der Waals surface area contributed by atoms with Crippen molar-refractivity contribution in [2.75, 3.05) is 0 Å². The fourth-order valence-electron chi connectivity index (χ4n) is 9.75. The number of benzene rings is 9. The van der Waals surface area contributed by atoms with Crippen LogP contribution in [-0.2, 0) is 0 Å². The zero-order valence-electron chi connectivity index (χ0n) is 34.3. The first kappa shape index (κ1) is 36.6. The minimum atomic E-state index is -2.87. The molecule has 0 fully saturated rings. The first-order valence-corrected chi connectivity index (χ1v) is 23.4. The van der Waals surface area contributed by atoms with Gasteiger partial charge in [0.05, 0.1) is 22.1 Å². The van der Waals surface area contributed by atoms with Gasteiger partial charge >= 0.3 is 0 Å². The predicted octanol–water partition coefficient (Wildman–Crippen LogP) is 10.8. The van der Waals surface area contributed by atoms with E-state index in [9.17, 15) is 0 Å². The third-order valence-corrected chi connectivity index (χ3v) is 17.3. The fourth-order valence-corrected chi connectivity index (χ4v) is 14.5. The molecule has 0 aliphatic rings. The summed E-state index contributed by atoms with van der Waals surface area (Å²) in [6.45, 7) is 0. The van der Waals surface area contributed by atoms with Crippen molar-refractivity contribution in [1.82, 2.24) is 24.1 Å². The lowest BCUT2D eigenvalue weighted by atomic mass is 10.1. The predicted molar refractivity (Wildman–Crippen MR) is 263 cm³/mol. The van der Waals surface area contributed by atoms with Crippen molar-refractivity contribution in [2.45, 2.75) is 0 Å². The molecule has 12 rings (SSSR count). The average molecular weight is 822 g/mol. The second kappa shape index (κ2) is 15.1. The SMILES string of the molecule is c1ccc(-c2nc(-c3ccccc3)nc(-n3c4ccc([Si](c5ccccc5)(c5ccccc5)c5ccccc5)cc4c4cc5c6ccccc6n(-c6ccccc6)c5cc43)n2)cc1. The third-order valence-electron chi connectivity index (χ3n) is 12.5. The summed E-state index contributed by atoms with van der Waals surface area (Å²) in [6, 6.07) is 85.1. The van der Waals surface area contributed by atoms with Crippen LogP contribution in [0.25, 0.3) is 78.0 Å². The Morgan fingerprint density at radius 1 is 0.286 bits per heavy atom. The zero-order chi connectivity index (χ0) is 41.7. The molecule has 0 spiro atoms. The maximum absolute atomic E-state index is 5.33. The lowest BCUT2D eigenvalue weighted by Crippen LogP contribution is -2.74. The number of hydrogen-bond donors (Lipinski definition) is 0. The van der Waals surface area contributed by atoms with Crippen molar-refractivity contribution in [2.24, 2.45) is 0 Å². The first-order valence-electron chi connectivity index (χ1n) is 21.4. The van der Waals surface area contributed by atoms with Crippen molar-refractivity contribution < 1.29 is 0 Å². The Labute approximate surface area is 365 Å². The summed E-state index contributed by atoms with van der Waals surface area (Å²) in [5.41, 5.74) is 7.28. The molecular formula is C57H39N5Si. The van der Waals surface area contributed by atoms with Crippen LogP contribution in [-0.4, -0.2) is 32.2 Å². The Bertz CT molecular complexity index is 3440. The van der Waals surface area contributed by atoms with Crippen molar-refractivity contribution >= 4 is 72.4 Å². The Balaban J connectivity index is 1.23. The summed E-state index contributed by atoms with van der Waals surface area (Å²) in [4.78, 5) is 15.8. The maximum Gasteiger partial charge on any atom is 0.238 e. The monoisotopic (exact) mass is 821 g/mol. The highest BCUT2D eigenvalue weighted by Crippen LogP contribution is 2.39. The maximum atomic E-state index is 5.33. The van der Waals surface area contributed by atoms with E-state index in [4.69, 9.17) is 15.0 Å². The quantitative estimate of drug-likeness (QED) is 0.113. The van der Waals surface area contributed by atoms with E-state index in [-0.39, 0.29) is 0 Å². The van der Waals surface area contributed by atoms with Gasteiger partial charge in [-0.25, -0.2) is 4.98 Å². The number of rotatable bonds is 8. The molecule has 3 heterocycles. The van der Waals surface area contributed by atoms with Crippen LogP contribution in [0.15, 0.2) is 237 Å². The number of para-hydroxylation sites is 2. The van der Waals surface area contributed by atoms with Crippen LogP contribution < -0.4 is 20.7 Å². The average Bonchev–Trinajstić information content (AvgIpc) is 3.86. The molecular weight excluding hydrogens is 783 g/mol. The molecule has 0 radical (unpaired) electrons. The lowest BCUT2D eigenvalue weighted by molar-refractivity contribution is 0.953. The van der Waals surface area contributed by atoms with Gasteiger partial charge in [0.25, 0.3) is 0 Å². The van der Waals surface area contributed by atoms with Crippen molar-refractivity contribution in [3.8, 4) is 34.4 Å². The zero-order valence-corrected chi connectivity index (χ0v) is 35.3. The Morgan fingerprint density at radius 2 is 0.714 bits per heavy atom. The summed E-state index contributed by atoms with van der Waals surface area (Å²) in [5.74, 6) is 1.80. The molecule has 0 N–H and O–H groups in total. The second-order valence-corrected chi connectivity index (χ2v) is 19.8. The normalized spacial score (nSPS) is 11.8. The molecule has 296 valence electrons. The number of nitrogens with zero attached hydrogens (tertiary/aromatic N) is 5. The van der Waals surface area contributed by atoms with Gasteiger partial charge in [0.1, 0.15) is 0 Å². The number of aromatic nitrogens is 5. The summed E-state index contributed by atoms with van der Waals surface area (Å²) in [6.07, 6.45) is 0. The van der Waals surface area contributed by atoms with Crippen LogP contribution >= 0.6 is 0 Å². The molecule has 0 atom stereocenters. The molecule has 0 bridgehead atoms. The number of fused-ring (bicyclic) bond motifs is 6. The fraction of sp³-hybridized carbons (Fsp3) is 0. The molecule has 63 heavy (non-hydrogen) atoms. The van der Waals surface area contributed by atoms with E-state index in [0.717, 1.165) is 49.7 Å². The van der Waals surface area contributed by atoms with Crippen LogP contribution in [0.4, 0.5) is 0 Å². The number of hydrogen-bond acceptors (Lipinski definition) is 3. The summed E-state index contributed by atoms with van der Waals surface area (Å²) < 4.78 is 4.64. The molecule has 5 nitrogen and oxygen atoms in total. The molecule has 0 aliphatic heterocycles. The van der Waals surface area contributed by atoms with Gasteiger partial charge in [-0.3, -0.25) is 4.57 Å². The van der Waals surface area contributed by atoms with Gasteiger partial charge in [-0.2, -0.15) is 9.97 Å². The van der Waals surface area contributed by atoms with Gasteiger partial charge in [0.2, 0.25) is 5.95 Å². The Morgan fingerprint density at radius 3 is 1.27 bits per heavy atom. The van der Waals surface area contributed by atoms with E-state index in [2.05, 4.69) is 209 Å². The molecule has 3 aromatic heterocycles. The Kier molecular flexibility index (Phi) is 8.76. The van der Waals surface area contributed by atoms with E-state index < -0.39 is 8.07 Å². The first-order chi connectivity index (χ1) is 31.3. The van der Waals surface area contributed by atoms with Gasteiger partial charge in [-0.1, -0.05) is 200 Å². The minimum absolute atomic E-state index is 0.565. The van der Waals surface area contributed by atoms with Gasteiger partial charge in [-0.05, 0) is 57.1 Å². The molecule has 0 aliphatic carbocycles. The molecule has 0 saturated heterocycles. The van der Waals surface area contributed by atoms with Gasteiger partial charge in [-0.15, -0.1) is 0 Å². The van der Waals surface area contributed by atoms with E-state index in [1.165, 1.54) is 31.5 Å². The Hall–Kier alpha value is -8.19. The molecule has 12 aromatic rings. The van der Waals surface area contributed by atoms with E-state index in [1.807, 2.05) is 36.4 Å². The molecule has 6 heteroatoms. The molecule has 9 aromatic carbocycles. The second-order valence-electron chi connectivity index (χ2n) is 16.0. The van der Waals surface area contributed by atoms with Crippen molar-refractivity contribution in [1.29, 1.82) is 0 Å². The minimum Gasteiger partial charge on any atom is -0.309 e. The summed E-state index contributed by atoms with van der Waals surface area (Å²) in [7, 11) is -2.87. The topological polar surface area (TPSA) is 48.5 Å². The van der Waals surface area contributed by atoms with Crippen LogP contribution in [0.1, 0.15) is 0 Å². The van der Waals surface area contributed by atoms with Gasteiger partial charge in [0, 0.05) is 38.4 Å². The lowest BCUT2D eigenvalue weighted by Gasteiger charge is -2.34. The van der Waals surface area contributed by atoms with E-state index >= 15 is 0 Å². The molecule has 0 saturated carbocycles. The van der Waals surface area contributed by atoms with Crippen molar-refractivity contribution in [3.05, 3.63) is 237 Å². The van der Waals surface area contributed by atoms with Gasteiger partial charge in [0.15, 0.2) is 19.7 Å². The largest absolute Gasteiger partial charge is 0.309 e. The third kappa shape index (κ3) is 5.95. The highest BCUT2D eigenvalue weighted by Gasteiger charge is 2.41.